The minimum atomic E-state index is -0.205. The molecule has 0 fully saturated rings. The van der Waals surface area contributed by atoms with E-state index in [9.17, 15) is 9.59 Å². The Labute approximate surface area is 171 Å². The topological polar surface area (TPSA) is 77.0 Å². The number of hydrogen-bond donors (Lipinski definition) is 1. The highest BCUT2D eigenvalue weighted by Crippen LogP contribution is 2.30. The van der Waals surface area contributed by atoms with Crippen LogP contribution in [0.15, 0.2) is 64.6 Å². The average molecular weight is 407 g/mol. The molecule has 0 saturated heterocycles. The van der Waals surface area contributed by atoms with Crippen LogP contribution < -0.4 is 15.7 Å². The molecule has 1 N–H and O–H groups in total. The molecule has 0 atom stereocenters. The van der Waals surface area contributed by atoms with Gasteiger partial charge in [-0.15, -0.1) is 11.3 Å². The molecule has 0 saturated carbocycles. The third-order valence-electron chi connectivity index (χ3n) is 4.43. The summed E-state index contributed by atoms with van der Waals surface area (Å²) >= 11 is 1.49. The van der Waals surface area contributed by atoms with Crippen molar-refractivity contribution in [2.45, 2.75) is 20.4 Å². The molecule has 0 spiro atoms. The summed E-state index contributed by atoms with van der Waals surface area (Å²) in [6.07, 6.45) is 3.08. The molecule has 4 rings (SSSR count). The SMILES string of the molecule is CC(C)COc1c[nH]c(Cn2cnc3sc(-c4ccccc4)cc3c2=O)cc1=O. The van der Waals surface area contributed by atoms with E-state index in [-0.39, 0.29) is 23.3 Å². The van der Waals surface area contributed by atoms with E-state index in [1.54, 1.807) is 6.20 Å². The highest BCUT2D eigenvalue weighted by Gasteiger charge is 2.11. The molecule has 0 radical (unpaired) electrons. The molecule has 1 aromatic carbocycles. The number of pyridine rings is 1. The van der Waals surface area contributed by atoms with Crippen molar-refractivity contribution in [2.24, 2.45) is 5.92 Å². The van der Waals surface area contributed by atoms with Crippen molar-refractivity contribution in [1.29, 1.82) is 0 Å². The fraction of sp³-hybridized carbons (Fsp3) is 0.227. The van der Waals surface area contributed by atoms with Gasteiger partial charge in [0.15, 0.2) is 5.75 Å². The van der Waals surface area contributed by atoms with Gasteiger partial charge in [-0.05, 0) is 17.5 Å². The van der Waals surface area contributed by atoms with Gasteiger partial charge in [0.05, 0.1) is 24.9 Å². The number of thiophene rings is 1. The van der Waals surface area contributed by atoms with Crippen molar-refractivity contribution >= 4 is 21.6 Å². The highest BCUT2D eigenvalue weighted by molar-refractivity contribution is 7.21. The van der Waals surface area contributed by atoms with Gasteiger partial charge in [-0.25, -0.2) is 4.98 Å². The van der Waals surface area contributed by atoms with Crippen LogP contribution in [0.4, 0.5) is 0 Å². The predicted octanol–water partition coefficient (Wildman–Crippen LogP) is 3.90. The average Bonchev–Trinajstić information content (AvgIpc) is 3.15. The standard InChI is InChI=1S/C22H21N3O3S/c1-14(2)12-28-19-10-23-16(8-18(19)26)11-25-13-24-21-17(22(25)27)9-20(29-21)15-6-4-3-5-7-15/h3-10,13-14H,11-12H2,1-2H3,(H,23,26). The van der Waals surface area contributed by atoms with E-state index >= 15 is 0 Å². The normalized spacial score (nSPS) is 11.3. The van der Waals surface area contributed by atoms with Crippen LogP contribution in [0.1, 0.15) is 19.5 Å². The Kier molecular flexibility index (Phi) is 5.31. The molecule has 4 aromatic rings. The molecule has 3 aromatic heterocycles. The van der Waals surface area contributed by atoms with Gasteiger partial charge in [0, 0.05) is 22.8 Å². The number of rotatable bonds is 6. The first-order valence-electron chi connectivity index (χ1n) is 9.40. The van der Waals surface area contributed by atoms with E-state index in [1.807, 2.05) is 50.2 Å². The van der Waals surface area contributed by atoms with E-state index in [2.05, 4.69) is 9.97 Å². The van der Waals surface area contributed by atoms with Gasteiger partial charge in [0.25, 0.3) is 5.56 Å². The second-order valence-electron chi connectivity index (χ2n) is 7.26. The lowest BCUT2D eigenvalue weighted by molar-refractivity contribution is 0.267. The van der Waals surface area contributed by atoms with Gasteiger partial charge in [-0.1, -0.05) is 44.2 Å². The number of fused-ring (bicyclic) bond motifs is 1. The predicted molar refractivity (Wildman–Crippen MR) is 116 cm³/mol. The zero-order valence-electron chi connectivity index (χ0n) is 16.2. The molecular formula is C22H21N3O3S. The Morgan fingerprint density at radius 2 is 1.97 bits per heavy atom. The molecule has 29 heavy (non-hydrogen) atoms. The fourth-order valence-corrected chi connectivity index (χ4v) is 3.96. The van der Waals surface area contributed by atoms with Crippen LogP contribution in [-0.4, -0.2) is 21.1 Å². The molecule has 7 heteroatoms. The fourth-order valence-electron chi connectivity index (χ4n) is 2.96. The van der Waals surface area contributed by atoms with Gasteiger partial charge in [-0.2, -0.15) is 0 Å². The first-order chi connectivity index (χ1) is 14.0. The van der Waals surface area contributed by atoms with E-state index < -0.39 is 0 Å². The van der Waals surface area contributed by atoms with Crippen molar-refractivity contribution in [1.82, 2.24) is 14.5 Å². The van der Waals surface area contributed by atoms with Gasteiger partial charge < -0.3 is 9.72 Å². The van der Waals surface area contributed by atoms with Crippen molar-refractivity contribution in [2.75, 3.05) is 6.61 Å². The van der Waals surface area contributed by atoms with Crippen LogP contribution in [0.25, 0.3) is 20.7 Å². The zero-order valence-corrected chi connectivity index (χ0v) is 17.0. The maximum atomic E-state index is 12.9. The summed E-state index contributed by atoms with van der Waals surface area (Å²) in [4.78, 5) is 34.4. The number of H-pyrrole nitrogens is 1. The lowest BCUT2D eigenvalue weighted by Gasteiger charge is -2.09. The van der Waals surface area contributed by atoms with Crippen LogP contribution in [-0.2, 0) is 6.54 Å². The molecule has 0 aliphatic carbocycles. The number of aromatic amines is 1. The molecule has 0 amide bonds. The Morgan fingerprint density at radius 3 is 2.69 bits per heavy atom. The third-order valence-corrected chi connectivity index (χ3v) is 5.52. The van der Waals surface area contributed by atoms with Crippen molar-refractivity contribution in [3.05, 3.63) is 81.3 Å². The molecular weight excluding hydrogens is 386 g/mol. The summed E-state index contributed by atoms with van der Waals surface area (Å²) in [5.74, 6) is 0.616. The Bertz CT molecular complexity index is 1260. The minimum absolute atomic E-state index is 0.130. The number of ether oxygens (including phenoxy) is 1. The number of benzene rings is 1. The maximum Gasteiger partial charge on any atom is 0.262 e. The lowest BCUT2D eigenvalue weighted by Crippen LogP contribution is -2.22. The number of hydrogen-bond acceptors (Lipinski definition) is 5. The number of nitrogens with zero attached hydrogens (tertiary/aromatic N) is 2. The summed E-state index contributed by atoms with van der Waals surface area (Å²) < 4.78 is 7.01. The summed E-state index contributed by atoms with van der Waals surface area (Å²) in [5, 5.41) is 0.579. The van der Waals surface area contributed by atoms with E-state index in [4.69, 9.17) is 4.74 Å². The van der Waals surface area contributed by atoms with Crippen LogP contribution in [0, 0.1) is 5.92 Å². The first-order valence-corrected chi connectivity index (χ1v) is 10.2. The summed E-state index contributed by atoms with van der Waals surface area (Å²) in [5.41, 5.74) is 1.34. The molecule has 6 nitrogen and oxygen atoms in total. The Morgan fingerprint density at radius 1 is 1.17 bits per heavy atom. The summed E-state index contributed by atoms with van der Waals surface area (Å²) in [7, 11) is 0. The van der Waals surface area contributed by atoms with Gasteiger partial charge in [0.2, 0.25) is 5.43 Å². The molecule has 148 valence electrons. The highest BCUT2D eigenvalue weighted by atomic mass is 32.1. The Balaban J connectivity index is 1.62. The van der Waals surface area contributed by atoms with Crippen LogP contribution in [0.2, 0.25) is 0 Å². The van der Waals surface area contributed by atoms with Crippen molar-refractivity contribution < 1.29 is 4.74 Å². The second kappa shape index (κ2) is 8.05. The van der Waals surface area contributed by atoms with Gasteiger partial charge >= 0.3 is 0 Å². The summed E-state index contributed by atoms with van der Waals surface area (Å²) in [6, 6.07) is 13.3. The van der Waals surface area contributed by atoms with E-state index in [0.29, 0.717) is 28.4 Å². The molecule has 0 aliphatic rings. The molecule has 0 unspecified atom stereocenters. The monoisotopic (exact) mass is 407 g/mol. The van der Waals surface area contributed by atoms with Gasteiger partial charge in [-0.3, -0.25) is 14.2 Å². The first kappa shape index (κ1) is 19.1. The quantitative estimate of drug-likeness (QED) is 0.526. The zero-order chi connectivity index (χ0) is 20.4. The third kappa shape index (κ3) is 4.14. The smallest absolute Gasteiger partial charge is 0.262 e. The molecule has 0 aliphatic heterocycles. The Hall–Kier alpha value is -3.19. The summed E-state index contributed by atoms with van der Waals surface area (Å²) in [6.45, 7) is 4.75. The minimum Gasteiger partial charge on any atom is -0.488 e. The second-order valence-corrected chi connectivity index (χ2v) is 8.30. The van der Waals surface area contributed by atoms with E-state index in [0.717, 1.165) is 10.4 Å². The van der Waals surface area contributed by atoms with Crippen molar-refractivity contribution in [3.8, 4) is 16.2 Å². The lowest BCUT2D eigenvalue weighted by atomic mass is 10.2. The number of aromatic nitrogens is 3. The van der Waals surface area contributed by atoms with Crippen LogP contribution in [0.3, 0.4) is 0 Å². The van der Waals surface area contributed by atoms with Crippen molar-refractivity contribution in [3.63, 3.8) is 0 Å². The van der Waals surface area contributed by atoms with E-state index in [1.165, 1.54) is 28.3 Å². The van der Waals surface area contributed by atoms with Gasteiger partial charge in [0.1, 0.15) is 4.83 Å². The number of nitrogens with one attached hydrogen (secondary N) is 1. The van der Waals surface area contributed by atoms with Crippen LogP contribution >= 0.6 is 11.3 Å². The largest absolute Gasteiger partial charge is 0.488 e. The molecule has 3 heterocycles. The molecule has 0 bridgehead atoms. The maximum absolute atomic E-state index is 12.9. The van der Waals surface area contributed by atoms with Crippen LogP contribution in [0.5, 0.6) is 5.75 Å².